The number of aromatic nitrogens is 1. The number of H-pyrrole nitrogens is 1. The summed E-state index contributed by atoms with van der Waals surface area (Å²) in [5.74, 6) is 0. The van der Waals surface area contributed by atoms with Gasteiger partial charge < -0.3 is 4.98 Å². The fraction of sp³-hybridized carbons (Fsp3) is 0. The maximum Gasteiger partial charge on any atom is 0.126 e. The van der Waals surface area contributed by atoms with Crippen LogP contribution in [0.2, 0.25) is 10.2 Å². The Labute approximate surface area is 73.9 Å². The lowest BCUT2D eigenvalue weighted by atomic mass is 10.2. The maximum absolute atomic E-state index is 5.88. The molecule has 1 N–H and O–H groups in total. The summed E-state index contributed by atoms with van der Waals surface area (Å²) < 4.78 is 0. The molecule has 0 fully saturated rings. The van der Waals surface area contributed by atoms with Crippen molar-refractivity contribution < 1.29 is 0 Å². The van der Waals surface area contributed by atoms with Crippen molar-refractivity contribution in [1.29, 1.82) is 0 Å². The third kappa shape index (κ3) is 1.01. The highest BCUT2D eigenvalue weighted by Crippen LogP contribution is 2.29. The summed E-state index contributed by atoms with van der Waals surface area (Å²) in [5.41, 5.74) is 0.975. The lowest BCUT2D eigenvalue weighted by Crippen LogP contribution is -1.63. The molecule has 1 heterocycles. The van der Waals surface area contributed by atoms with Gasteiger partial charge in [0.2, 0.25) is 0 Å². The quantitative estimate of drug-likeness (QED) is 0.648. The molecule has 0 aliphatic carbocycles. The first-order chi connectivity index (χ1) is 5.29. The molecule has 1 aromatic heterocycles. The Balaban J connectivity index is 2.92. The van der Waals surface area contributed by atoms with E-state index in [1.165, 1.54) is 0 Å². The van der Waals surface area contributed by atoms with Crippen molar-refractivity contribution in [2.75, 3.05) is 0 Å². The van der Waals surface area contributed by atoms with Crippen LogP contribution in [0, 0.1) is 0 Å². The highest BCUT2D eigenvalue weighted by molar-refractivity contribution is 6.45. The third-order valence-electron chi connectivity index (χ3n) is 1.60. The molecule has 0 spiro atoms. The second-order valence-corrected chi connectivity index (χ2v) is 3.05. The SMILES string of the molecule is Clc1[nH]c2ccccc2c1Cl. The molecule has 0 aliphatic rings. The Hall–Kier alpha value is -0.660. The topological polar surface area (TPSA) is 15.8 Å². The zero-order valence-electron chi connectivity index (χ0n) is 5.57. The molecular weight excluding hydrogens is 181 g/mol. The molecular formula is C8H5Cl2N. The minimum Gasteiger partial charge on any atom is -0.344 e. The summed E-state index contributed by atoms with van der Waals surface area (Å²) >= 11 is 11.6. The summed E-state index contributed by atoms with van der Waals surface area (Å²) in [6.45, 7) is 0. The van der Waals surface area contributed by atoms with Crippen LogP contribution < -0.4 is 0 Å². The zero-order valence-corrected chi connectivity index (χ0v) is 7.08. The van der Waals surface area contributed by atoms with Crippen LogP contribution in [-0.2, 0) is 0 Å². The van der Waals surface area contributed by atoms with Crippen LogP contribution in [0.4, 0.5) is 0 Å². The van der Waals surface area contributed by atoms with E-state index in [2.05, 4.69) is 4.98 Å². The summed E-state index contributed by atoms with van der Waals surface area (Å²) in [4.78, 5) is 2.96. The van der Waals surface area contributed by atoms with Gasteiger partial charge in [-0.05, 0) is 6.07 Å². The predicted octanol–water partition coefficient (Wildman–Crippen LogP) is 3.47. The molecule has 0 atom stereocenters. The van der Waals surface area contributed by atoms with Crippen LogP contribution in [0.25, 0.3) is 10.9 Å². The molecule has 0 aliphatic heterocycles. The minimum atomic E-state index is 0.507. The number of halogens is 2. The van der Waals surface area contributed by atoms with Crippen LogP contribution in [0.3, 0.4) is 0 Å². The number of nitrogens with one attached hydrogen (secondary N) is 1. The Morgan fingerprint density at radius 3 is 2.55 bits per heavy atom. The average molecular weight is 186 g/mol. The van der Waals surface area contributed by atoms with E-state index in [4.69, 9.17) is 23.2 Å². The minimum absolute atomic E-state index is 0.507. The van der Waals surface area contributed by atoms with Crippen molar-refractivity contribution >= 4 is 34.1 Å². The molecule has 3 heteroatoms. The Morgan fingerprint density at radius 2 is 1.82 bits per heavy atom. The van der Waals surface area contributed by atoms with Crippen LogP contribution in [-0.4, -0.2) is 4.98 Å². The molecule has 0 unspecified atom stereocenters. The van der Waals surface area contributed by atoms with Crippen molar-refractivity contribution in [3.63, 3.8) is 0 Å². The molecule has 11 heavy (non-hydrogen) atoms. The van der Waals surface area contributed by atoms with Gasteiger partial charge in [-0.1, -0.05) is 41.4 Å². The average Bonchev–Trinajstić information content (AvgIpc) is 2.30. The number of hydrogen-bond donors (Lipinski definition) is 1. The second-order valence-electron chi connectivity index (χ2n) is 2.30. The van der Waals surface area contributed by atoms with E-state index in [9.17, 15) is 0 Å². The fourth-order valence-corrected chi connectivity index (χ4v) is 1.49. The highest BCUT2D eigenvalue weighted by Gasteiger charge is 2.04. The van der Waals surface area contributed by atoms with E-state index in [1.807, 2.05) is 24.3 Å². The molecule has 0 radical (unpaired) electrons. The van der Waals surface area contributed by atoms with E-state index in [1.54, 1.807) is 0 Å². The number of hydrogen-bond acceptors (Lipinski definition) is 0. The van der Waals surface area contributed by atoms with Gasteiger partial charge in [-0.2, -0.15) is 0 Å². The molecule has 0 saturated heterocycles. The van der Waals surface area contributed by atoms with Gasteiger partial charge in [0.15, 0.2) is 0 Å². The molecule has 1 aromatic carbocycles. The van der Waals surface area contributed by atoms with Crippen molar-refractivity contribution in [3.8, 4) is 0 Å². The molecule has 2 rings (SSSR count). The first kappa shape index (κ1) is 7.01. The van der Waals surface area contributed by atoms with Crippen molar-refractivity contribution in [1.82, 2.24) is 4.98 Å². The van der Waals surface area contributed by atoms with Gasteiger partial charge in [0, 0.05) is 10.9 Å². The van der Waals surface area contributed by atoms with Gasteiger partial charge in [-0.3, -0.25) is 0 Å². The molecule has 0 amide bonds. The molecule has 1 nitrogen and oxygen atoms in total. The summed E-state index contributed by atoms with van der Waals surface area (Å²) in [7, 11) is 0. The van der Waals surface area contributed by atoms with Crippen molar-refractivity contribution in [2.24, 2.45) is 0 Å². The lowest BCUT2D eigenvalue weighted by molar-refractivity contribution is 1.47. The van der Waals surface area contributed by atoms with Gasteiger partial charge in [-0.15, -0.1) is 0 Å². The maximum atomic E-state index is 5.88. The zero-order chi connectivity index (χ0) is 7.84. The normalized spacial score (nSPS) is 10.7. The van der Waals surface area contributed by atoms with E-state index >= 15 is 0 Å². The Kier molecular flexibility index (Phi) is 1.55. The number of rotatable bonds is 0. The van der Waals surface area contributed by atoms with Crippen LogP contribution in [0.1, 0.15) is 0 Å². The van der Waals surface area contributed by atoms with E-state index in [0.29, 0.717) is 10.2 Å². The van der Waals surface area contributed by atoms with Crippen molar-refractivity contribution in [3.05, 3.63) is 34.4 Å². The molecule has 2 aromatic rings. The largest absolute Gasteiger partial charge is 0.344 e. The first-order valence-corrected chi connectivity index (χ1v) is 3.96. The Morgan fingerprint density at radius 1 is 1.09 bits per heavy atom. The van der Waals surface area contributed by atoms with Crippen LogP contribution >= 0.6 is 23.2 Å². The summed E-state index contributed by atoms with van der Waals surface area (Å²) in [5, 5.41) is 2.08. The predicted molar refractivity (Wildman–Crippen MR) is 48.3 cm³/mol. The van der Waals surface area contributed by atoms with Crippen LogP contribution in [0.15, 0.2) is 24.3 Å². The number of para-hydroxylation sites is 1. The van der Waals surface area contributed by atoms with E-state index in [-0.39, 0.29) is 0 Å². The highest BCUT2D eigenvalue weighted by atomic mass is 35.5. The third-order valence-corrected chi connectivity index (χ3v) is 2.37. The molecule has 56 valence electrons. The van der Waals surface area contributed by atoms with Gasteiger partial charge in [0.25, 0.3) is 0 Å². The van der Waals surface area contributed by atoms with Crippen molar-refractivity contribution in [2.45, 2.75) is 0 Å². The smallest absolute Gasteiger partial charge is 0.126 e. The van der Waals surface area contributed by atoms with Gasteiger partial charge >= 0.3 is 0 Å². The fourth-order valence-electron chi connectivity index (χ4n) is 1.07. The van der Waals surface area contributed by atoms with Gasteiger partial charge in [0.05, 0.1) is 5.02 Å². The van der Waals surface area contributed by atoms with Crippen LogP contribution in [0.5, 0.6) is 0 Å². The standard InChI is InChI=1S/C8H5Cl2N/c9-7-5-3-1-2-4-6(5)11-8(7)10/h1-4,11H. The first-order valence-electron chi connectivity index (χ1n) is 3.21. The number of fused-ring (bicyclic) bond motifs is 1. The summed E-state index contributed by atoms with van der Waals surface area (Å²) in [6.07, 6.45) is 0. The summed E-state index contributed by atoms with van der Waals surface area (Å²) in [6, 6.07) is 7.73. The second kappa shape index (κ2) is 2.43. The number of benzene rings is 1. The molecule has 0 saturated carbocycles. The Bertz CT molecular complexity index is 392. The van der Waals surface area contributed by atoms with E-state index in [0.717, 1.165) is 10.9 Å². The van der Waals surface area contributed by atoms with E-state index < -0.39 is 0 Å². The molecule has 0 bridgehead atoms. The monoisotopic (exact) mass is 185 g/mol. The lowest BCUT2D eigenvalue weighted by Gasteiger charge is -1.85. The van der Waals surface area contributed by atoms with Gasteiger partial charge in [0.1, 0.15) is 5.15 Å². The van der Waals surface area contributed by atoms with Gasteiger partial charge in [-0.25, -0.2) is 0 Å². The number of aromatic amines is 1.